The van der Waals surface area contributed by atoms with E-state index in [9.17, 15) is 0 Å². The van der Waals surface area contributed by atoms with Crippen LogP contribution in [0.1, 0.15) is 46.1 Å². The van der Waals surface area contributed by atoms with Gasteiger partial charge in [-0.05, 0) is 50.0 Å². The zero-order chi connectivity index (χ0) is 12.0. The van der Waals surface area contributed by atoms with E-state index >= 15 is 0 Å². The van der Waals surface area contributed by atoms with E-state index in [1.165, 1.54) is 11.1 Å². The van der Waals surface area contributed by atoms with Crippen molar-refractivity contribution < 1.29 is 4.74 Å². The molecule has 0 amide bonds. The van der Waals surface area contributed by atoms with Crippen LogP contribution in [0.5, 0.6) is 5.75 Å². The maximum absolute atomic E-state index is 5.62. The van der Waals surface area contributed by atoms with E-state index in [1.807, 2.05) is 13.8 Å². The van der Waals surface area contributed by atoms with Gasteiger partial charge < -0.3 is 4.74 Å². The molecule has 0 unspecified atom stereocenters. The first-order valence-corrected chi connectivity index (χ1v) is 6.13. The molecule has 0 saturated carbocycles. The summed E-state index contributed by atoms with van der Waals surface area (Å²) in [4.78, 5) is 0. The smallest absolute Gasteiger partial charge is 0.119 e. The minimum Gasteiger partial charge on any atom is -0.491 e. The molecule has 0 aliphatic rings. The second-order valence-corrected chi connectivity index (χ2v) is 4.18. The summed E-state index contributed by atoms with van der Waals surface area (Å²) in [5, 5.41) is 0. The summed E-state index contributed by atoms with van der Waals surface area (Å²) in [6, 6.07) is 8.38. The third-order valence-corrected chi connectivity index (χ3v) is 2.43. The highest BCUT2D eigenvalue weighted by Gasteiger charge is 2.00. The number of allylic oxidation sites excluding steroid dienone is 2. The van der Waals surface area contributed by atoms with Gasteiger partial charge in [0, 0.05) is 0 Å². The Labute approximate surface area is 99.1 Å². The van der Waals surface area contributed by atoms with Crippen molar-refractivity contribution in [1.82, 2.24) is 0 Å². The maximum atomic E-state index is 5.62. The summed E-state index contributed by atoms with van der Waals surface area (Å²) in [7, 11) is 0. The molecule has 16 heavy (non-hydrogen) atoms. The Morgan fingerprint density at radius 2 is 1.81 bits per heavy atom. The van der Waals surface area contributed by atoms with Crippen molar-refractivity contribution in [3.63, 3.8) is 0 Å². The number of benzene rings is 1. The third-order valence-electron chi connectivity index (χ3n) is 2.43. The number of rotatable bonds is 5. The van der Waals surface area contributed by atoms with Gasteiger partial charge in [-0.3, -0.25) is 0 Å². The predicted molar refractivity (Wildman–Crippen MR) is 70.8 cm³/mol. The van der Waals surface area contributed by atoms with E-state index in [1.54, 1.807) is 0 Å². The van der Waals surface area contributed by atoms with Crippen molar-refractivity contribution in [1.29, 1.82) is 0 Å². The molecule has 0 heterocycles. The molecular weight excluding hydrogens is 196 g/mol. The van der Waals surface area contributed by atoms with E-state index in [4.69, 9.17) is 4.74 Å². The zero-order valence-electron chi connectivity index (χ0n) is 10.8. The molecule has 0 radical (unpaired) electrons. The van der Waals surface area contributed by atoms with Crippen LogP contribution in [0.4, 0.5) is 0 Å². The van der Waals surface area contributed by atoms with Gasteiger partial charge in [0.1, 0.15) is 5.75 Å². The Hall–Kier alpha value is -1.24. The van der Waals surface area contributed by atoms with Crippen molar-refractivity contribution in [2.24, 2.45) is 0 Å². The molecule has 0 N–H and O–H groups in total. The average Bonchev–Trinajstić information content (AvgIpc) is 2.26. The van der Waals surface area contributed by atoms with Gasteiger partial charge in [0.25, 0.3) is 0 Å². The van der Waals surface area contributed by atoms with Gasteiger partial charge in [0.2, 0.25) is 0 Å². The van der Waals surface area contributed by atoms with Crippen LogP contribution >= 0.6 is 0 Å². The van der Waals surface area contributed by atoms with Gasteiger partial charge in [-0.15, -0.1) is 0 Å². The van der Waals surface area contributed by atoms with Crippen molar-refractivity contribution in [3.8, 4) is 5.75 Å². The lowest BCUT2D eigenvalue weighted by atomic mass is 10.0. The van der Waals surface area contributed by atoms with E-state index < -0.39 is 0 Å². The van der Waals surface area contributed by atoms with Crippen molar-refractivity contribution in [2.45, 2.75) is 46.6 Å². The normalized spacial score (nSPS) is 11.9. The Balaban J connectivity index is 2.81. The van der Waals surface area contributed by atoms with Crippen LogP contribution in [0.2, 0.25) is 0 Å². The molecule has 0 aromatic heterocycles. The van der Waals surface area contributed by atoms with Gasteiger partial charge >= 0.3 is 0 Å². The standard InChI is InChI=1S/C15H22O/c1-5-7-13(6-2)14-8-10-15(11-9-14)16-12(3)4/h7-12H,5-6H2,1-4H3. The molecule has 0 spiro atoms. The second-order valence-electron chi connectivity index (χ2n) is 4.18. The molecule has 1 rings (SSSR count). The highest BCUT2D eigenvalue weighted by atomic mass is 16.5. The highest BCUT2D eigenvalue weighted by molar-refractivity contribution is 5.65. The Bertz CT molecular complexity index is 333. The fraction of sp³-hybridized carbons (Fsp3) is 0.467. The van der Waals surface area contributed by atoms with E-state index in [2.05, 4.69) is 44.2 Å². The summed E-state index contributed by atoms with van der Waals surface area (Å²) in [6.07, 6.45) is 4.70. The molecule has 1 heteroatoms. The molecule has 1 aromatic carbocycles. The van der Waals surface area contributed by atoms with Crippen LogP contribution in [-0.2, 0) is 0 Å². The molecule has 0 saturated heterocycles. The first-order chi connectivity index (χ1) is 7.67. The number of ether oxygens (including phenoxy) is 1. The third kappa shape index (κ3) is 3.73. The van der Waals surface area contributed by atoms with E-state index in [0.717, 1.165) is 18.6 Å². The Kier molecular flexibility index (Phi) is 5.10. The minimum absolute atomic E-state index is 0.239. The Morgan fingerprint density at radius 3 is 2.25 bits per heavy atom. The first kappa shape index (κ1) is 12.8. The first-order valence-electron chi connectivity index (χ1n) is 6.13. The molecule has 0 bridgehead atoms. The number of hydrogen-bond donors (Lipinski definition) is 0. The van der Waals surface area contributed by atoms with Gasteiger partial charge in [0.05, 0.1) is 6.10 Å². The van der Waals surface area contributed by atoms with Gasteiger partial charge in [-0.2, -0.15) is 0 Å². The van der Waals surface area contributed by atoms with E-state index in [-0.39, 0.29) is 6.10 Å². The fourth-order valence-electron chi connectivity index (χ4n) is 1.73. The quantitative estimate of drug-likeness (QED) is 0.697. The van der Waals surface area contributed by atoms with Crippen molar-refractivity contribution in [2.75, 3.05) is 0 Å². The minimum atomic E-state index is 0.239. The lowest BCUT2D eigenvalue weighted by molar-refractivity contribution is 0.242. The predicted octanol–water partition coefficient (Wildman–Crippen LogP) is 4.68. The molecule has 0 atom stereocenters. The lowest BCUT2D eigenvalue weighted by Crippen LogP contribution is -2.05. The number of hydrogen-bond acceptors (Lipinski definition) is 1. The molecule has 88 valence electrons. The van der Waals surface area contributed by atoms with Crippen LogP contribution < -0.4 is 4.74 Å². The van der Waals surface area contributed by atoms with Crippen LogP contribution in [-0.4, -0.2) is 6.10 Å². The lowest BCUT2D eigenvalue weighted by Gasteiger charge is -2.11. The molecule has 0 aliphatic heterocycles. The summed E-state index contributed by atoms with van der Waals surface area (Å²) in [6.45, 7) is 8.46. The molecule has 1 aromatic rings. The average molecular weight is 218 g/mol. The molecular formula is C15H22O. The van der Waals surface area contributed by atoms with Crippen molar-refractivity contribution >= 4 is 5.57 Å². The Morgan fingerprint density at radius 1 is 1.19 bits per heavy atom. The molecule has 0 fully saturated rings. The highest BCUT2D eigenvalue weighted by Crippen LogP contribution is 2.22. The SMILES string of the molecule is CCC=C(CC)c1ccc(OC(C)C)cc1. The summed E-state index contributed by atoms with van der Waals surface area (Å²) in [5.41, 5.74) is 2.72. The van der Waals surface area contributed by atoms with Gasteiger partial charge in [0.15, 0.2) is 0 Å². The van der Waals surface area contributed by atoms with Crippen molar-refractivity contribution in [3.05, 3.63) is 35.9 Å². The zero-order valence-corrected chi connectivity index (χ0v) is 10.8. The fourth-order valence-corrected chi connectivity index (χ4v) is 1.73. The van der Waals surface area contributed by atoms with Crippen LogP contribution in [0.3, 0.4) is 0 Å². The molecule has 0 aliphatic carbocycles. The van der Waals surface area contributed by atoms with Crippen LogP contribution in [0.25, 0.3) is 5.57 Å². The topological polar surface area (TPSA) is 9.23 Å². The summed E-state index contributed by atoms with van der Waals surface area (Å²) in [5.74, 6) is 0.950. The largest absolute Gasteiger partial charge is 0.491 e. The summed E-state index contributed by atoms with van der Waals surface area (Å²) < 4.78 is 5.62. The van der Waals surface area contributed by atoms with Crippen LogP contribution in [0.15, 0.2) is 30.3 Å². The second kappa shape index (κ2) is 6.37. The molecule has 1 nitrogen and oxygen atoms in total. The van der Waals surface area contributed by atoms with Gasteiger partial charge in [-0.25, -0.2) is 0 Å². The summed E-state index contributed by atoms with van der Waals surface area (Å²) >= 11 is 0. The van der Waals surface area contributed by atoms with Crippen LogP contribution in [0, 0.1) is 0 Å². The van der Waals surface area contributed by atoms with Gasteiger partial charge in [-0.1, -0.05) is 32.1 Å². The monoisotopic (exact) mass is 218 g/mol. The van der Waals surface area contributed by atoms with E-state index in [0.29, 0.717) is 0 Å². The maximum Gasteiger partial charge on any atom is 0.119 e.